The van der Waals surface area contributed by atoms with E-state index in [2.05, 4.69) is 20.8 Å². The second kappa shape index (κ2) is 5.47. The summed E-state index contributed by atoms with van der Waals surface area (Å²) in [7, 11) is 1.98. The summed E-state index contributed by atoms with van der Waals surface area (Å²) in [5, 5.41) is 0. The van der Waals surface area contributed by atoms with E-state index < -0.39 is 17.5 Å². The Kier molecular flexibility index (Phi) is 3.81. The van der Waals surface area contributed by atoms with Crippen molar-refractivity contribution in [1.82, 2.24) is 4.90 Å². The number of Topliss-reactive ketones (excluding diaryl/α,β-unsaturated/α-hetero) is 1. The molecule has 0 saturated carbocycles. The first-order valence-electron chi connectivity index (χ1n) is 6.62. The SMILES string of the molecule is CN1CCOC(CN2C(=O)C(=O)c3cc(F)cc(Br)c32)C1. The van der Waals surface area contributed by atoms with Crippen LogP contribution in [0, 0.1) is 5.82 Å². The molecule has 1 atom stereocenters. The summed E-state index contributed by atoms with van der Waals surface area (Å²) in [5.74, 6) is -1.85. The Balaban J connectivity index is 1.90. The summed E-state index contributed by atoms with van der Waals surface area (Å²) < 4.78 is 19.5. The van der Waals surface area contributed by atoms with Crippen LogP contribution in [0.4, 0.5) is 10.1 Å². The summed E-state index contributed by atoms with van der Waals surface area (Å²) in [5.41, 5.74) is 0.541. The van der Waals surface area contributed by atoms with Crippen LogP contribution in [0.1, 0.15) is 10.4 Å². The van der Waals surface area contributed by atoms with Gasteiger partial charge in [0, 0.05) is 17.6 Å². The summed E-state index contributed by atoms with van der Waals surface area (Å²) in [4.78, 5) is 27.6. The number of hydrogen-bond donors (Lipinski definition) is 0. The van der Waals surface area contributed by atoms with Gasteiger partial charge in [-0.1, -0.05) is 0 Å². The number of ketones is 1. The zero-order valence-electron chi connectivity index (χ0n) is 11.4. The van der Waals surface area contributed by atoms with Crippen molar-refractivity contribution in [1.29, 1.82) is 0 Å². The van der Waals surface area contributed by atoms with Crippen molar-refractivity contribution in [3.05, 3.63) is 28.0 Å². The van der Waals surface area contributed by atoms with E-state index in [-0.39, 0.29) is 18.2 Å². The number of amides is 1. The molecule has 0 N–H and O–H groups in total. The average Bonchev–Trinajstić information content (AvgIpc) is 2.64. The molecule has 0 aliphatic carbocycles. The van der Waals surface area contributed by atoms with Crippen LogP contribution >= 0.6 is 15.9 Å². The number of halogens is 2. The highest BCUT2D eigenvalue weighted by molar-refractivity contribution is 9.10. The molecule has 1 aromatic carbocycles. The number of rotatable bonds is 2. The Labute approximate surface area is 129 Å². The Morgan fingerprint density at radius 1 is 1.43 bits per heavy atom. The summed E-state index contributed by atoms with van der Waals surface area (Å²) >= 11 is 3.23. The van der Waals surface area contributed by atoms with E-state index in [1.165, 1.54) is 11.0 Å². The molecule has 0 aromatic heterocycles. The molecular formula is C14H14BrFN2O3. The molecule has 21 heavy (non-hydrogen) atoms. The molecule has 1 saturated heterocycles. The molecule has 1 fully saturated rings. The first-order chi connectivity index (χ1) is 9.97. The lowest BCUT2D eigenvalue weighted by atomic mass is 10.1. The van der Waals surface area contributed by atoms with Crippen molar-refractivity contribution in [2.45, 2.75) is 6.10 Å². The summed E-state index contributed by atoms with van der Waals surface area (Å²) in [6.07, 6.45) is -0.164. The lowest BCUT2D eigenvalue weighted by Gasteiger charge is -2.32. The second-order valence-corrected chi connectivity index (χ2v) is 6.14. The van der Waals surface area contributed by atoms with Crippen LogP contribution in [0.5, 0.6) is 0 Å². The van der Waals surface area contributed by atoms with E-state index in [0.717, 1.165) is 12.6 Å². The van der Waals surface area contributed by atoms with Crippen LogP contribution in [0.25, 0.3) is 0 Å². The lowest BCUT2D eigenvalue weighted by molar-refractivity contribution is -0.115. The van der Waals surface area contributed by atoms with Crippen LogP contribution < -0.4 is 4.90 Å². The minimum absolute atomic E-state index is 0.107. The number of nitrogens with zero attached hydrogens (tertiary/aromatic N) is 2. The fraction of sp³-hybridized carbons (Fsp3) is 0.429. The average molecular weight is 357 g/mol. The van der Waals surface area contributed by atoms with E-state index in [4.69, 9.17) is 4.74 Å². The summed E-state index contributed by atoms with van der Waals surface area (Å²) in [6.45, 7) is 2.40. The Morgan fingerprint density at radius 3 is 2.90 bits per heavy atom. The maximum absolute atomic E-state index is 13.4. The van der Waals surface area contributed by atoms with Crippen molar-refractivity contribution in [2.75, 3.05) is 38.2 Å². The molecule has 0 bridgehead atoms. The van der Waals surface area contributed by atoms with Crippen molar-refractivity contribution in [2.24, 2.45) is 0 Å². The molecule has 7 heteroatoms. The molecule has 0 spiro atoms. The highest BCUT2D eigenvalue weighted by Crippen LogP contribution is 2.37. The van der Waals surface area contributed by atoms with Crippen LogP contribution in [-0.2, 0) is 9.53 Å². The lowest BCUT2D eigenvalue weighted by Crippen LogP contribution is -2.47. The maximum atomic E-state index is 13.4. The van der Waals surface area contributed by atoms with Gasteiger partial charge >= 0.3 is 0 Å². The van der Waals surface area contributed by atoms with Gasteiger partial charge in [-0.2, -0.15) is 0 Å². The third-order valence-electron chi connectivity index (χ3n) is 3.71. The normalized spacial score (nSPS) is 22.8. The van der Waals surface area contributed by atoms with Crippen LogP contribution in [-0.4, -0.2) is 56.0 Å². The Hall–Kier alpha value is -1.31. The summed E-state index contributed by atoms with van der Waals surface area (Å²) in [6, 6.07) is 2.36. The standard InChI is InChI=1S/C14H14BrFN2O3/c1-17-2-3-21-9(6-17)7-18-12-10(13(19)14(18)20)4-8(16)5-11(12)15/h4-5,9H,2-3,6-7H2,1H3. The molecule has 1 aromatic rings. The topological polar surface area (TPSA) is 49.9 Å². The maximum Gasteiger partial charge on any atom is 0.299 e. The van der Waals surface area contributed by atoms with E-state index in [0.29, 0.717) is 23.3 Å². The predicted octanol–water partition coefficient (Wildman–Crippen LogP) is 1.45. The zero-order chi connectivity index (χ0) is 15.1. The number of hydrogen-bond acceptors (Lipinski definition) is 4. The van der Waals surface area contributed by atoms with E-state index in [1.54, 1.807) is 0 Å². The first kappa shape index (κ1) is 14.6. The van der Waals surface area contributed by atoms with Crippen molar-refractivity contribution >= 4 is 33.3 Å². The molecule has 3 rings (SSSR count). The largest absolute Gasteiger partial charge is 0.374 e. The van der Waals surface area contributed by atoms with Gasteiger partial charge in [-0.25, -0.2) is 4.39 Å². The number of morpholine rings is 1. The molecule has 1 unspecified atom stereocenters. The van der Waals surface area contributed by atoms with Gasteiger partial charge in [0.2, 0.25) is 0 Å². The van der Waals surface area contributed by atoms with E-state index >= 15 is 0 Å². The number of carbonyl (C=O) groups excluding carboxylic acids is 2. The van der Waals surface area contributed by atoms with Gasteiger partial charge in [0.1, 0.15) is 5.82 Å². The van der Waals surface area contributed by atoms with Crippen LogP contribution in [0.15, 0.2) is 16.6 Å². The third-order valence-corrected chi connectivity index (χ3v) is 4.31. The van der Waals surface area contributed by atoms with Crippen molar-refractivity contribution < 1.29 is 18.7 Å². The van der Waals surface area contributed by atoms with Gasteiger partial charge in [-0.3, -0.25) is 9.59 Å². The molecule has 2 heterocycles. The smallest absolute Gasteiger partial charge is 0.299 e. The van der Waals surface area contributed by atoms with E-state index in [1.807, 2.05) is 7.05 Å². The zero-order valence-corrected chi connectivity index (χ0v) is 13.0. The number of benzene rings is 1. The van der Waals surface area contributed by atoms with Crippen LogP contribution in [0.3, 0.4) is 0 Å². The first-order valence-corrected chi connectivity index (χ1v) is 7.42. The van der Waals surface area contributed by atoms with Gasteiger partial charge < -0.3 is 14.5 Å². The van der Waals surface area contributed by atoms with Gasteiger partial charge in [0.05, 0.1) is 30.5 Å². The molecule has 5 nitrogen and oxygen atoms in total. The predicted molar refractivity (Wildman–Crippen MR) is 78.0 cm³/mol. The second-order valence-electron chi connectivity index (χ2n) is 5.28. The van der Waals surface area contributed by atoms with Gasteiger partial charge in [0.25, 0.3) is 11.7 Å². The Morgan fingerprint density at radius 2 is 2.19 bits per heavy atom. The highest BCUT2D eigenvalue weighted by Gasteiger charge is 2.39. The number of carbonyl (C=O) groups is 2. The van der Waals surface area contributed by atoms with Gasteiger partial charge in [-0.15, -0.1) is 0 Å². The molecule has 2 aliphatic rings. The monoisotopic (exact) mass is 356 g/mol. The number of fused-ring (bicyclic) bond motifs is 1. The molecule has 112 valence electrons. The van der Waals surface area contributed by atoms with E-state index in [9.17, 15) is 14.0 Å². The van der Waals surface area contributed by atoms with Crippen LogP contribution in [0.2, 0.25) is 0 Å². The minimum Gasteiger partial charge on any atom is -0.374 e. The molecule has 0 radical (unpaired) electrons. The van der Waals surface area contributed by atoms with Gasteiger partial charge in [0.15, 0.2) is 0 Å². The molecular weight excluding hydrogens is 343 g/mol. The van der Waals surface area contributed by atoms with Gasteiger partial charge in [-0.05, 0) is 35.1 Å². The molecule has 1 amide bonds. The quantitative estimate of drug-likeness (QED) is 0.752. The highest BCUT2D eigenvalue weighted by atomic mass is 79.9. The number of ether oxygens (including phenoxy) is 1. The fourth-order valence-corrected chi connectivity index (χ4v) is 3.35. The molecule has 2 aliphatic heterocycles. The fourth-order valence-electron chi connectivity index (χ4n) is 2.71. The Bertz CT molecular complexity index is 622. The van der Waals surface area contributed by atoms with Crippen molar-refractivity contribution in [3.63, 3.8) is 0 Å². The number of likely N-dealkylation sites (N-methyl/N-ethyl adjacent to an activating group) is 1. The minimum atomic E-state index is -0.672. The van der Waals surface area contributed by atoms with Crippen molar-refractivity contribution in [3.8, 4) is 0 Å². The number of anilines is 1. The third kappa shape index (κ3) is 2.61.